The Hall–Kier alpha value is -1.04. The lowest BCUT2D eigenvalue weighted by molar-refractivity contribution is 0.398. The number of unbranched alkanes of at least 4 members (excludes halogenated alkanes) is 1. The van der Waals surface area contributed by atoms with Gasteiger partial charge >= 0.3 is 0 Å². The van der Waals surface area contributed by atoms with E-state index in [4.69, 9.17) is 0 Å². The van der Waals surface area contributed by atoms with E-state index in [1.807, 2.05) is 13.8 Å². The molecule has 0 N–H and O–H groups in total. The maximum Gasteiger partial charge on any atom is -0.0129 e. The predicted octanol–water partition coefficient (Wildman–Crippen LogP) is 10.4. The summed E-state index contributed by atoms with van der Waals surface area (Å²) in [4.78, 5) is 0. The lowest BCUT2D eigenvalue weighted by atomic mass is 9.81. The van der Waals surface area contributed by atoms with Crippen molar-refractivity contribution in [2.24, 2.45) is 5.41 Å². The summed E-state index contributed by atoms with van der Waals surface area (Å²) in [7, 11) is 0. The molecule has 0 saturated carbocycles. The van der Waals surface area contributed by atoms with Crippen molar-refractivity contribution < 1.29 is 0 Å². The monoisotopic (exact) mass is 404 g/mol. The lowest BCUT2D eigenvalue weighted by Gasteiger charge is -2.24. The molecule has 0 radical (unpaired) electrons. The van der Waals surface area contributed by atoms with Gasteiger partial charge in [0.05, 0.1) is 0 Å². The summed E-state index contributed by atoms with van der Waals surface area (Å²) in [5, 5.41) is 0. The summed E-state index contributed by atoms with van der Waals surface area (Å²) in [5.41, 5.74) is 7.81. The number of allylic oxidation sites excluding steroid dienone is 1. The molecule has 1 rings (SSSR count). The molecule has 0 aliphatic rings. The molecule has 1 aromatic rings. The molecule has 0 fully saturated rings. The van der Waals surface area contributed by atoms with Gasteiger partial charge in [0.2, 0.25) is 0 Å². The number of benzene rings is 1. The molecule has 29 heavy (non-hydrogen) atoms. The molecule has 0 spiro atoms. The average Bonchev–Trinajstić information content (AvgIpc) is 2.63. The van der Waals surface area contributed by atoms with Gasteiger partial charge in [0, 0.05) is 0 Å². The van der Waals surface area contributed by atoms with Crippen LogP contribution < -0.4 is 0 Å². The van der Waals surface area contributed by atoms with Crippen molar-refractivity contribution in [2.45, 2.75) is 134 Å². The second-order valence-electron chi connectivity index (χ2n) is 10.2. The Bertz CT molecular complexity index is 530. The Balaban J connectivity index is -0.000000466. The fourth-order valence-corrected chi connectivity index (χ4v) is 2.22. The highest BCUT2D eigenvalue weighted by Crippen LogP contribution is 2.29. The molecule has 0 aliphatic carbocycles. The third-order valence-electron chi connectivity index (χ3n) is 4.94. The first-order chi connectivity index (χ1) is 13.2. The Morgan fingerprint density at radius 2 is 1.28 bits per heavy atom. The molecule has 0 amide bonds. The minimum absolute atomic E-state index is 0.230. The quantitative estimate of drug-likeness (QED) is 0.438. The van der Waals surface area contributed by atoms with Crippen LogP contribution in [-0.4, -0.2) is 0 Å². The van der Waals surface area contributed by atoms with Gasteiger partial charge in [-0.1, -0.05) is 113 Å². The van der Waals surface area contributed by atoms with Gasteiger partial charge in [0.25, 0.3) is 0 Å². The van der Waals surface area contributed by atoms with Gasteiger partial charge in [-0.15, -0.1) is 6.58 Å². The molecule has 0 nitrogen and oxygen atoms in total. The van der Waals surface area contributed by atoms with E-state index < -0.39 is 0 Å². The molecule has 0 saturated heterocycles. The molecule has 1 aromatic carbocycles. The molecular formula is C29H56. The first kappa shape index (κ1) is 32.6. The van der Waals surface area contributed by atoms with E-state index in [0.717, 1.165) is 12.8 Å². The Kier molecular flexibility index (Phi) is 18.8. The zero-order valence-electron chi connectivity index (χ0n) is 22.9. The zero-order valence-corrected chi connectivity index (χ0v) is 22.9. The smallest absolute Gasteiger partial charge is 0.0129 e. The van der Waals surface area contributed by atoms with E-state index in [9.17, 15) is 0 Å². The van der Waals surface area contributed by atoms with E-state index in [2.05, 4.69) is 102 Å². The van der Waals surface area contributed by atoms with Gasteiger partial charge in [-0.05, 0) is 66.7 Å². The standard InChI is InChI=1S/C17H26.C6H14.C4H10.C2H6/c1-12(2)8-9-15-10-13(3)14(4)16(11-15)17(5,6)7;1-5-6(2,3)4;1-3-4-2;1-2/h10-11H,1,8-9H2,2-7H3;5H2,1-4H3;3-4H2,1-2H3;1-2H3. The fourth-order valence-electron chi connectivity index (χ4n) is 2.22. The number of rotatable bonds is 4. The summed E-state index contributed by atoms with van der Waals surface area (Å²) in [6.45, 7) is 34.7. The van der Waals surface area contributed by atoms with Crippen molar-refractivity contribution in [3.63, 3.8) is 0 Å². The van der Waals surface area contributed by atoms with Crippen molar-refractivity contribution in [2.75, 3.05) is 0 Å². The van der Waals surface area contributed by atoms with E-state index in [1.165, 1.54) is 47.1 Å². The molecule has 0 heteroatoms. The van der Waals surface area contributed by atoms with E-state index in [1.54, 1.807) is 0 Å². The SMILES string of the molecule is C=C(C)CCc1cc(C)c(C)c(C(C)(C)C)c1.CC.CCC(C)(C)C.CCCC. The number of aryl methyl sites for hydroxylation is 2. The van der Waals surface area contributed by atoms with Crippen LogP contribution in [0.25, 0.3) is 0 Å². The highest BCUT2D eigenvalue weighted by Gasteiger charge is 2.17. The summed E-state index contributed by atoms with van der Waals surface area (Å²) in [6.07, 6.45) is 6.11. The van der Waals surface area contributed by atoms with Crippen LogP contribution in [0.1, 0.15) is 131 Å². The summed E-state index contributed by atoms with van der Waals surface area (Å²) in [6, 6.07) is 4.71. The van der Waals surface area contributed by atoms with Gasteiger partial charge in [-0.2, -0.15) is 0 Å². The van der Waals surface area contributed by atoms with Crippen LogP contribution in [0.5, 0.6) is 0 Å². The van der Waals surface area contributed by atoms with Gasteiger partial charge in [-0.3, -0.25) is 0 Å². The molecule has 0 aliphatic heterocycles. The zero-order chi connectivity index (χ0) is 23.8. The van der Waals surface area contributed by atoms with Crippen molar-refractivity contribution >= 4 is 0 Å². The maximum atomic E-state index is 3.98. The minimum atomic E-state index is 0.230. The molecule has 0 aromatic heterocycles. The highest BCUT2D eigenvalue weighted by molar-refractivity contribution is 5.41. The molecule has 0 atom stereocenters. The average molecular weight is 405 g/mol. The predicted molar refractivity (Wildman–Crippen MR) is 139 cm³/mol. The molecule has 0 unspecified atom stereocenters. The molecular weight excluding hydrogens is 348 g/mol. The van der Waals surface area contributed by atoms with Crippen molar-refractivity contribution in [3.05, 3.63) is 46.5 Å². The van der Waals surface area contributed by atoms with Gasteiger partial charge in [0.1, 0.15) is 0 Å². The van der Waals surface area contributed by atoms with Gasteiger partial charge in [-0.25, -0.2) is 0 Å². The first-order valence-corrected chi connectivity index (χ1v) is 11.9. The Morgan fingerprint density at radius 1 is 0.862 bits per heavy atom. The minimum Gasteiger partial charge on any atom is -0.100 e. The Labute approximate surface area is 186 Å². The van der Waals surface area contributed by atoms with E-state index in [-0.39, 0.29) is 5.41 Å². The fraction of sp³-hybridized carbons (Fsp3) is 0.724. The third kappa shape index (κ3) is 18.7. The van der Waals surface area contributed by atoms with Crippen LogP contribution in [-0.2, 0) is 11.8 Å². The largest absolute Gasteiger partial charge is 0.100 e. The van der Waals surface area contributed by atoms with Gasteiger partial charge in [0.15, 0.2) is 0 Å². The van der Waals surface area contributed by atoms with Crippen LogP contribution in [0.3, 0.4) is 0 Å². The first-order valence-electron chi connectivity index (χ1n) is 11.9. The van der Waals surface area contributed by atoms with Crippen molar-refractivity contribution in [1.29, 1.82) is 0 Å². The van der Waals surface area contributed by atoms with Crippen LogP contribution >= 0.6 is 0 Å². The third-order valence-corrected chi connectivity index (χ3v) is 4.94. The normalized spacial score (nSPS) is 10.6. The summed E-state index contributed by atoms with van der Waals surface area (Å²) < 4.78 is 0. The van der Waals surface area contributed by atoms with E-state index in [0.29, 0.717) is 5.41 Å². The number of hydrogen-bond donors (Lipinski definition) is 0. The van der Waals surface area contributed by atoms with E-state index >= 15 is 0 Å². The number of hydrogen-bond acceptors (Lipinski definition) is 0. The molecule has 172 valence electrons. The second kappa shape index (κ2) is 16.7. The molecule has 0 bridgehead atoms. The van der Waals surface area contributed by atoms with Crippen molar-refractivity contribution in [3.8, 4) is 0 Å². The van der Waals surface area contributed by atoms with Crippen molar-refractivity contribution in [1.82, 2.24) is 0 Å². The maximum absolute atomic E-state index is 3.98. The van der Waals surface area contributed by atoms with Crippen LogP contribution in [0.2, 0.25) is 0 Å². The summed E-state index contributed by atoms with van der Waals surface area (Å²) >= 11 is 0. The topological polar surface area (TPSA) is 0 Å². The lowest BCUT2D eigenvalue weighted by Crippen LogP contribution is -2.14. The Morgan fingerprint density at radius 3 is 1.55 bits per heavy atom. The van der Waals surface area contributed by atoms with Crippen LogP contribution in [0.15, 0.2) is 24.3 Å². The van der Waals surface area contributed by atoms with Gasteiger partial charge < -0.3 is 0 Å². The second-order valence-corrected chi connectivity index (χ2v) is 10.2. The highest BCUT2D eigenvalue weighted by atomic mass is 14.2. The van der Waals surface area contributed by atoms with Crippen LogP contribution in [0.4, 0.5) is 0 Å². The summed E-state index contributed by atoms with van der Waals surface area (Å²) in [5.74, 6) is 0. The van der Waals surface area contributed by atoms with Crippen LogP contribution in [0, 0.1) is 19.3 Å². The molecule has 0 heterocycles.